The van der Waals surface area contributed by atoms with Crippen molar-refractivity contribution in [2.45, 2.75) is 44.6 Å². The minimum absolute atomic E-state index is 0.0592. The standard InChI is InChI=1S/C20H23NO2/c1-14-4-5-16(12-17(14)13-19(22)23)15-6-8-18(9-7-15)20(21)10-2-3-11-20/h4-9,12H,2-3,10-11,13,21H2,1H3,(H,22,23). The summed E-state index contributed by atoms with van der Waals surface area (Å²) in [7, 11) is 0. The number of aryl methyl sites for hydroxylation is 1. The van der Waals surface area contributed by atoms with Crippen LogP contribution in [-0.4, -0.2) is 11.1 Å². The zero-order valence-electron chi connectivity index (χ0n) is 13.5. The lowest BCUT2D eigenvalue weighted by atomic mass is 9.88. The molecule has 0 atom stereocenters. The van der Waals surface area contributed by atoms with Crippen LogP contribution in [0.15, 0.2) is 42.5 Å². The number of nitrogens with two attached hydrogens (primary N) is 1. The van der Waals surface area contributed by atoms with E-state index in [0.717, 1.165) is 35.1 Å². The second-order valence-corrected chi connectivity index (χ2v) is 6.65. The molecular formula is C20H23NO2. The summed E-state index contributed by atoms with van der Waals surface area (Å²) in [6.07, 6.45) is 4.58. The first kappa shape index (κ1) is 15.8. The van der Waals surface area contributed by atoms with E-state index in [1.54, 1.807) is 0 Å². The van der Waals surface area contributed by atoms with Gasteiger partial charge in [-0.05, 0) is 47.6 Å². The molecule has 1 fully saturated rings. The fourth-order valence-electron chi connectivity index (χ4n) is 3.49. The Morgan fingerprint density at radius 1 is 1.09 bits per heavy atom. The smallest absolute Gasteiger partial charge is 0.307 e. The van der Waals surface area contributed by atoms with Crippen molar-refractivity contribution in [3.63, 3.8) is 0 Å². The number of carbonyl (C=O) groups is 1. The van der Waals surface area contributed by atoms with E-state index in [-0.39, 0.29) is 12.0 Å². The summed E-state index contributed by atoms with van der Waals surface area (Å²) in [6.45, 7) is 1.95. The number of aliphatic carboxylic acids is 1. The molecule has 1 aliphatic carbocycles. The zero-order chi connectivity index (χ0) is 16.4. The maximum Gasteiger partial charge on any atom is 0.307 e. The molecule has 0 spiro atoms. The van der Waals surface area contributed by atoms with E-state index in [9.17, 15) is 4.79 Å². The first-order chi connectivity index (χ1) is 11.0. The highest BCUT2D eigenvalue weighted by Gasteiger charge is 2.30. The summed E-state index contributed by atoms with van der Waals surface area (Å²) in [4.78, 5) is 11.0. The third kappa shape index (κ3) is 3.30. The molecule has 0 heterocycles. The van der Waals surface area contributed by atoms with E-state index >= 15 is 0 Å². The number of hydrogen-bond donors (Lipinski definition) is 2. The van der Waals surface area contributed by atoms with Crippen molar-refractivity contribution >= 4 is 5.97 Å². The van der Waals surface area contributed by atoms with Crippen LogP contribution in [0, 0.1) is 6.92 Å². The molecule has 3 heteroatoms. The van der Waals surface area contributed by atoms with Crippen molar-refractivity contribution in [1.29, 1.82) is 0 Å². The Morgan fingerprint density at radius 2 is 1.70 bits per heavy atom. The van der Waals surface area contributed by atoms with Gasteiger partial charge < -0.3 is 10.8 Å². The minimum atomic E-state index is -0.799. The van der Waals surface area contributed by atoms with Gasteiger partial charge in [-0.1, -0.05) is 55.3 Å². The molecule has 0 radical (unpaired) electrons. The van der Waals surface area contributed by atoms with E-state index in [2.05, 4.69) is 24.3 Å². The van der Waals surface area contributed by atoms with E-state index in [0.29, 0.717) is 0 Å². The van der Waals surface area contributed by atoms with Gasteiger partial charge in [0.25, 0.3) is 0 Å². The first-order valence-electron chi connectivity index (χ1n) is 8.19. The van der Waals surface area contributed by atoms with E-state index in [4.69, 9.17) is 10.8 Å². The van der Waals surface area contributed by atoms with Crippen LogP contribution in [0.25, 0.3) is 11.1 Å². The van der Waals surface area contributed by atoms with Crippen LogP contribution >= 0.6 is 0 Å². The molecule has 0 saturated heterocycles. The number of hydrogen-bond acceptors (Lipinski definition) is 2. The van der Waals surface area contributed by atoms with Gasteiger partial charge in [0, 0.05) is 5.54 Å². The number of carboxylic acid groups (broad SMARTS) is 1. The van der Waals surface area contributed by atoms with Crippen molar-refractivity contribution < 1.29 is 9.90 Å². The molecule has 3 N–H and O–H groups in total. The maximum atomic E-state index is 11.0. The van der Waals surface area contributed by atoms with Gasteiger partial charge in [0.2, 0.25) is 0 Å². The minimum Gasteiger partial charge on any atom is -0.481 e. The summed E-state index contributed by atoms with van der Waals surface area (Å²) in [6, 6.07) is 14.4. The molecule has 0 aliphatic heterocycles. The Kier molecular flexibility index (Phi) is 4.22. The van der Waals surface area contributed by atoms with Gasteiger partial charge in [-0.2, -0.15) is 0 Å². The average molecular weight is 309 g/mol. The molecule has 23 heavy (non-hydrogen) atoms. The molecule has 3 rings (SSSR count). The Labute approximate surface area is 137 Å². The van der Waals surface area contributed by atoms with Crippen LogP contribution in [0.1, 0.15) is 42.4 Å². The molecule has 3 nitrogen and oxygen atoms in total. The van der Waals surface area contributed by atoms with Gasteiger partial charge in [-0.15, -0.1) is 0 Å². The monoisotopic (exact) mass is 309 g/mol. The summed E-state index contributed by atoms with van der Waals surface area (Å²) in [5, 5.41) is 9.03. The van der Waals surface area contributed by atoms with Crippen molar-refractivity contribution in [2.24, 2.45) is 5.73 Å². The van der Waals surface area contributed by atoms with Crippen molar-refractivity contribution in [1.82, 2.24) is 0 Å². The van der Waals surface area contributed by atoms with Crippen LogP contribution in [0.4, 0.5) is 0 Å². The van der Waals surface area contributed by atoms with Crippen molar-refractivity contribution in [3.8, 4) is 11.1 Å². The normalized spacial score (nSPS) is 16.4. The van der Waals surface area contributed by atoms with E-state index in [1.165, 1.54) is 18.4 Å². The molecular weight excluding hydrogens is 286 g/mol. The van der Waals surface area contributed by atoms with E-state index < -0.39 is 5.97 Å². The summed E-state index contributed by atoms with van der Waals surface area (Å²) in [5.74, 6) is -0.799. The van der Waals surface area contributed by atoms with Crippen LogP contribution in [0.2, 0.25) is 0 Å². The fraction of sp³-hybridized carbons (Fsp3) is 0.350. The second-order valence-electron chi connectivity index (χ2n) is 6.65. The zero-order valence-corrected chi connectivity index (χ0v) is 13.5. The Hall–Kier alpha value is -2.13. The number of rotatable bonds is 4. The molecule has 1 saturated carbocycles. The maximum absolute atomic E-state index is 11.0. The van der Waals surface area contributed by atoms with Gasteiger partial charge in [0.05, 0.1) is 6.42 Å². The number of carboxylic acids is 1. The van der Waals surface area contributed by atoms with Gasteiger partial charge in [-0.3, -0.25) is 4.79 Å². The summed E-state index contributed by atoms with van der Waals surface area (Å²) in [5.41, 5.74) is 11.6. The lowest BCUT2D eigenvalue weighted by molar-refractivity contribution is -0.136. The van der Waals surface area contributed by atoms with Gasteiger partial charge in [0.15, 0.2) is 0 Å². The number of benzene rings is 2. The van der Waals surface area contributed by atoms with E-state index in [1.807, 2.05) is 25.1 Å². The Bertz CT molecular complexity index is 713. The van der Waals surface area contributed by atoms with Crippen LogP contribution in [0.3, 0.4) is 0 Å². The summed E-state index contributed by atoms with van der Waals surface area (Å²) >= 11 is 0. The van der Waals surface area contributed by atoms with Crippen LogP contribution < -0.4 is 5.73 Å². The predicted molar refractivity (Wildman–Crippen MR) is 92.3 cm³/mol. The molecule has 0 amide bonds. The topological polar surface area (TPSA) is 63.3 Å². The Morgan fingerprint density at radius 3 is 2.30 bits per heavy atom. The molecule has 0 aromatic heterocycles. The molecule has 0 bridgehead atoms. The van der Waals surface area contributed by atoms with Crippen LogP contribution in [0.5, 0.6) is 0 Å². The third-order valence-electron chi connectivity index (χ3n) is 4.98. The molecule has 1 aliphatic rings. The molecule has 2 aromatic carbocycles. The lowest BCUT2D eigenvalue weighted by Gasteiger charge is -2.24. The van der Waals surface area contributed by atoms with Crippen molar-refractivity contribution in [2.75, 3.05) is 0 Å². The molecule has 2 aromatic rings. The predicted octanol–water partition coefficient (Wildman–Crippen LogP) is 4.02. The van der Waals surface area contributed by atoms with Gasteiger partial charge in [-0.25, -0.2) is 0 Å². The first-order valence-corrected chi connectivity index (χ1v) is 8.19. The summed E-state index contributed by atoms with van der Waals surface area (Å²) < 4.78 is 0. The third-order valence-corrected chi connectivity index (χ3v) is 4.98. The van der Waals surface area contributed by atoms with Gasteiger partial charge >= 0.3 is 5.97 Å². The molecule has 120 valence electrons. The molecule has 0 unspecified atom stereocenters. The highest BCUT2D eigenvalue weighted by atomic mass is 16.4. The highest BCUT2D eigenvalue weighted by Crippen LogP contribution is 2.37. The van der Waals surface area contributed by atoms with Crippen molar-refractivity contribution in [3.05, 3.63) is 59.2 Å². The SMILES string of the molecule is Cc1ccc(-c2ccc(C3(N)CCCC3)cc2)cc1CC(=O)O. The second kappa shape index (κ2) is 6.17. The van der Waals surface area contributed by atoms with Crippen LogP contribution in [-0.2, 0) is 16.8 Å². The quantitative estimate of drug-likeness (QED) is 0.896. The fourth-order valence-corrected chi connectivity index (χ4v) is 3.49. The highest BCUT2D eigenvalue weighted by molar-refractivity contribution is 5.73. The average Bonchev–Trinajstić information content (AvgIpc) is 2.97. The van der Waals surface area contributed by atoms with Gasteiger partial charge in [0.1, 0.15) is 0 Å². The largest absolute Gasteiger partial charge is 0.481 e. The Balaban J connectivity index is 1.89. The lowest BCUT2D eigenvalue weighted by Crippen LogP contribution is -2.32.